The van der Waals surface area contributed by atoms with Gasteiger partial charge in [-0.05, 0) is 24.6 Å². The fraction of sp³-hybridized carbons (Fsp3) is 0.400. The third kappa shape index (κ3) is 3.80. The highest BCUT2D eigenvalue weighted by Gasteiger charge is 2.45. The first-order chi connectivity index (χ1) is 14.3. The highest BCUT2D eigenvalue weighted by molar-refractivity contribution is 5.73. The zero-order valence-electron chi connectivity index (χ0n) is 16.0. The minimum Gasteiger partial charge on any atom is -0.457 e. The monoisotopic (exact) mass is 422 g/mol. The smallest absolute Gasteiger partial charge is 0.422 e. The molecule has 0 unspecified atom stereocenters. The van der Waals surface area contributed by atoms with Gasteiger partial charge in [-0.2, -0.15) is 13.2 Å². The summed E-state index contributed by atoms with van der Waals surface area (Å²) in [6, 6.07) is 9.80. The molecule has 7 nitrogen and oxygen atoms in total. The lowest BCUT2D eigenvalue weighted by Crippen LogP contribution is -2.55. The zero-order chi connectivity index (χ0) is 21.5. The Labute approximate surface area is 171 Å². The number of benzene rings is 2. The Balaban J connectivity index is 1.82. The van der Waals surface area contributed by atoms with E-state index in [1.807, 2.05) is 0 Å². The molecule has 0 saturated carbocycles. The number of rotatable bonds is 4. The number of hydrogen-bond acceptors (Lipinski definition) is 6. The van der Waals surface area contributed by atoms with E-state index in [0.29, 0.717) is 6.54 Å². The van der Waals surface area contributed by atoms with Crippen molar-refractivity contribution in [3.05, 3.63) is 58.1 Å². The Morgan fingerprint density at radius 1 is 1.10 bits per heavy atom. The Bertz CT molecular complexity index is 939. The van der Waals surface area contributed by atoms with Crippen LogP contribution in [0.4, 0.5) is 24.5 Å². The van der Waals surface area contributed by atoms with Crippen molar-refractivity contribution >= 4 is 11.4 Å². The van der Waals surface area contributed by atoms with E-state index in [4.69, 9.17) is 10.5 Å². The van der Waals surface area contributed by atoms with Crippen LogP contribution in [0.15, 0.2) is 42.5 Å². The van der Waals surface area contributed by atoms with E-state index in [-0.39, 0.29) is 30.9 Å². The predicted molar refractivity (Wildman–Crippen MR) is 105 cm³/mol. The number of nitro groups is 1. The van der Waals surface area contributed by atoms with E-state index in [0.717, 1.165) is 25.1 Å². The van der Waals surface area contributed by atoms with Crippen LogP contribution in [0, 0.1) is 10.1 Å². The first-order valence-electron chi connectivity index (χ1n) is 9.62. The number of ether oxygens (including phenoxy) is 1. The van der Waals surface area contributed by atoms with Crippen molar-refractivity contribution < 1.29 is 22.8 Å². The summed E-state index contributed by atoms with van der Waals surface area (Å²) >= 11 is 0. The van der Waals surface area contributed by atoms with Crippen LogP contribution < -0.4 is 15.4 Å². The molecule has 0 spiro atoms. The molecule has 2 aliphatic rings. The summed E-state index contributed by atoms with van der Waals surface area (Å²) in [5.41, 5.74) is 3.94. The second-order valence-corrected chi connectivity index (χ2v) is 7.48. The van der Waals surface area contributed by atoms with Gasteiger partial charge < -0.3 is 15.4 Å². The van der Waals surface area contributed by atoms with Gasteiger partial charge >= 0.3 is 6.18 Å². The Morgan fingerprint density at radius 2 is 1.83 bits per heavy atom. The van der Waals surface area contributed by atoms with E-state index in [9.17, 15) is 23.3 Å². The first-order valence-corrected chi connectivity index (χ1v) is 9.62. The van der Waals surface area contributed by atoms with Crippen molar-refractivity contribution in [1.82, 2.24) is 4.90 Å². The summed E-state index contributed by atoms with van der Waals surface area (Å²) in [6.07, 6.45) is -4.09. The molecule has 0 radical (unpaired) electrons. The SMILES string of the molecule is N[C@@H]1CCN2CCN(c3c([N+](=O)[O-])ccc(Oc4ccccc4)c3C(F)(F)F)C[C@@H]12. The standard InChI is InChI=1S/C20H21F3N4O3/c21-20(22,23)18-17(30-13-4-2-1-3-5-13)7-6-15(27(28)29)19(18)26-11-10-25-9-8-14(24)16(25)12-26/h1-7,14,16H,8-12,24H2/t14-,16+/m1/s1. The van der Waals surface area contributed by atoms with Crippen molar-refractivity contribution in [1.29, 1.82) is 0 Å². The fourth-order valence-electron chi connectivity index (χ4n) is 4.25. The number of anilines is 1. The molecule has 0 amide bonds. The van der Waals surface area contributed by atoms with Gasteiger partial charge in [-0.15, -0.1) is 0 Å². The number of fused-ring (bicyclic) bond motifs is 1. The Morgan fingerprint density at radius 3 is 2.50 bits per heavy atom. The highest BCUT2D eigenvalue weighted by atomic mass is 19.4. The molecule has 2 heterocycles. The van der Waals surface area contributed by atoms with E-state index >= 15 is 0 Å². The molecule has 0 aromatic heterocycles. The molecule has 30 heavy (non-hydrogen) atoms. The quantitative estimate of drug-likeness (QED) is 0.598. The van der Waals surface area contributed by atoms with Gasteiger partial charge in [-0.3, -0.25) is 15.0 Å². The number of alkyl halides is 3. The Kier molecular flexibility index (Phi) is 5.29. The van der Waals surface area contributed by atoms with Crippen molar-refractivity contribution in [3.63, 3.8) is 0 Å². The van der Waals surface area contributed by atoms with E-state index in [1.165, 1.54) is 17.0 Å². The molecular formula is C20H21F3N4O3. The van der Waals surface area contributed by atoms with E-state index in [1.54, 1.807) is 18.2 Å². The maximum absolute atomic E-state index is 14.2. The van der Waals surface area contributed by atoms with Crippen LogP contribution in [0.5, 0.6) is 11.5 Å². The molecule has 2 aliphatic heterocycles. The Hall–Kier alpha value is -2.85. The first kappa shape index (κ1) is 20.4. The lowest BCUT2D eigenvalue weighted by atomic mass is 10.0. The molecule has 2 N–H and O–H groups in total. The summed E-state index contributed by atoms with van der Waals surface area (Å²) in [6.45, 7) is 1.71. The zero-order valence-corrected chi connectivity index (χ0v) is 16.0. The van der Waals surface area contributed by atoms with Crippen molar-refractivity contribution in [3.8, 4) is 11.5 Å². The van der Waals surface area contributed by atoms with Gasteiger partial charge in [0.15, 0.2) is 0 Å². The van der Waals surface area contributed by atoms with Gasteiger partial charge in [0.1, 0.15) is 22.7 Å². The second kappa shape index (κ2) is 7.77. The molecule has 0 aliphatic carbocycles. The molecule has 2 atom stereocenters. The van der Waals surface area contributed by atoms with Gasteiger partial charge in [0.05, 0.1) is 4.92 Å². The molecule has 2 fully saturated rings. The molecule has 2 aromatic carbocycles. The van der Waals surface area contributed by atoms with Crippen LogP contribution in [0.2, 0.25) is 0 Å². The van der Waals surface area contributed by atoms with Crippen LogP contribution in [0.25, 0.3) is 0 Å². The van der Waals surface area contributed by atoms with Crippen LogP contribution in [0.3, 0.4) is 0 Å². The predicted octanol–water partition coefficient (Wildman–Crippen LogP) is 3.63. The molecule has 2 aromatic rings. The fourth-order valence-corrected chi connectivity index (χ4v) is 4.25. The van der Waals surface area contributed by atoms with Gasteiger partial charge in [-0.25, -0.2) is 0 Å². The average Bonchev–Trinajstić information content (AvgIpc) is 3.07. The molecular weight excluding hydrogens is 401 g/mol. The topological polar surface area (TPSA) is 84.9 Å². The third-order valence-electron chi connectivity index (χ3n) is 5.66. The van der Waals surface area contributed by atoms with Gasteiger partial charge in [0.25, 0.3) is 5.69 Å². The van der Waals surface area contributed by atoms with Gasteiger partial charge in [-0.1, -0.05) is 18.2 Å². The maximum atomic E-state index is 14.2. The van der Waals surface area contributed by atoms with Crippen molar-refractivity contribution in [2.45, 2.75) is 24.7 Å². The maximum Gasteiger partial charge on any atom is 0.422 e. The minimum absolute atomic E-state index is 0.141. The van der Waals surface area contributed by atoms with Gasteiger partial charge in [0.2, 0.25) is 0 Å². The number of halogens is 3. The van der Waals surface area contributed by atoms with Gasteiger partial charge in [0, 0.05) is 44.3 Å². The molecule has 10 heteroatoms. The van der Waals surface area contributed by atoms with Crippen LogP contribution >= 0.6 is 0 Å². The number of para-hydroxylation sites is 1. The number of nitrogens with zero attached hydrogens (tertiary/aromatic N) is 3. The lowest BCUT2D eigenvalue weighted by Gasteiger charge is -2.40. The molecule has 0 bridgehead atoms. The van der Waals surface area contributed by atoms with Crippen molar-refractivity contribution in [2.24, 2.45) is 5.73 Å². The summed E-state index contributed by atoms with van der Waals surface area (Å²) in [5, 5.41) is 11.6. The van der Waals surface area contributed by atoms with E-state index in [2.05, 4.69) is 4.90 Å². The summed E-state index contributed by atoms with van der Waals surface area (Å²) in [7, 11) is 0. The second-order valence-electron chi connectivity index (χ2n) is 7.48. The summed E-state index contributed by atoms with van der Waals surface area (Å²) in [4.78, 5) is 14.4. The normalized spacial score (nSPS) is 22.1. The molecule has 2 saturated heterocycles. The summed E-state index contributed by atoms with van der Waals surface area (Å²) in [5.74, 6) is -0.252. The third-order valence-corrected chi connectivity index (χ3v) is 5.66. The largest absolute Gasteiger partial charge is 0.457 e. The highest BCUT2D eigenvalue weighted by Crippen LogP contribution is 2.48. The van der Waals surface area contributed by atoms with Crippen molar-refractivity contribution in [2.75, 3.05) is 31.1 Å². The number of nitrogens with two attached hydrogens (primary N) is 1. The number of piperazine rings is 1. The van der Waals surface area contributed by atoms with E-state index < -0.39 is 33.8 Å². The van der Waals surface area contributed by atoms with Crippen LogP contribution in [0.1, 0.15) is 12.0 Å². The van der Waals surface area contributed by atoms with Crippen LogP contribution in [-0.4, -0.2) is 48.1 Å². The minimum atomic E-state index is -4.85. The number of nitro benzene ring substituents is 1. The average molecular weight is 422 g/mol. The summed E-state index contributed by atoms with van der Waals surface area (Å²) < 4.78 is 48.1. The molecule has 160 valence electrons. The lowest BCUT2D eigenvalue weighted by molar-refractivity contribution is -0.384. The molecule has 4 rings (SSSR count). The number of hydrogen-bond donors (Lipinski definition) is 1. The van der Waals surface area contributed by atoms with Crippen LogP contribution in [-0.2, 0) is 6.18 Å².